The van der Waals surface area contributed by atoms with Crippen LogP contribution >= 0.6 is 0 Å². The summed E-state index contributed by atoms with van der Waals surface area (Å²) in [5, 5.41) is 16.2. The van der Waals surface area contributed by atoms with Crippen LogP contribution in [0.5, 0.6) is 0 Å². The Labute approximate surface area is 98.7 Å². The molecule has 1 aromatic heterocycles. The Morgan fingerprint density at radius 1 is 1.35 bits per heavy atom. The molecule has 2 N–H and O–H groups in total. The highest BCUT2D eigenvalue weighted by molar-refractivity contribution is 5.88. The Hall–Kier alpha value is -2.30. The van der Waals surface area contributed by atoms with Gasteiger partial charge in [-0.2, -0.15) is 5.10 Å². The van der Waals surface area contributed by atoms with Gasteiger partial charge in [0, 0.05) is 18.9 Å². The summed E-state index contributed by atoms with van der Waals surface area (Å²) < 4.78 is 1.73. The monoisotopic (exact) mass is 231 g/mol. The molecule has 2 aromatic rings. The number of nitrogens with zero attached hydrogens (tertiary/aromatic N) is 2. The molecular weight excluding hydrogens is 218 g/mol. The van der Waals surface area contributed by atoms with Gasteiger partial charge in [-0.3, -0.25) is 4.68 Å². The summed E-state index contributed by atoms with van der Waals surface area (Å²) in [4.78, 5) is 10.7. The highest BCUT2D eigenvalue weighted by atomic mass is 16.4. The number of aromatic nitrogens is 2. The number of nitrogens with one attached hydrogen (secondary N) is 1. The first-order valence-corrected chi connectivity index (χ1v) is 5.17. The van der Waals surface area contributed by atoms with Gasteiger partial charge in [-0.25, -0.2) is 4.79 Å². The molecule has 88 valence electrons. The predicted octanol–water partition coefficient (Wildman–Crippen LogP) is 2.17. The van der Waals surface area contributed by atoms with E-state index in [2.05, 4.69) is 10.4 Å². The van der Waals surface area contributed by atoms with Crippen molar-refractivity contribution >= 4 is 17.3 Å². The zero-order chi connectivity index (χ0) is 12.4. The molecule has 17 heavy (non-hydrogen) atoms. The normalized spacial score (nSPS) is 10.2. The van der Waals surface area contributed by atoms with Crippen LogP contribution in [0.15, 0.2) is 30.5 Å². The second-order valence-electron chi connectivity index (χ2n) is 3.81. The fourth-order valence-electron chi connectivity index (χ4n) is 1.57. The molecule has 5 nitrogen and oxygen atoms in total. The van der Waals surface area contributed by atoms with E-state index in [1.165, 1.54) is 0 Å². The highest BCUT2D eigenvalue weighted by Gasteiger charge is 2.04. The van der Waals surface area contributed by atoms with Crippen LogP contribution in [0.4, 0.5) is 11.4 Å². The van der Waals surface area contributed by atoms with Gasteiger partial charge in [0.2, 0.25) is 0 Å². The van der Waals surface area contributed by atoms with E-state index < -0.39 is 5.97 Å². The first kappa shape index (κ1) is 11.2. The quantitative estimate of drug-likeness (QED) is 0.849. The molecule has 5 heteroatoms. The molecule has 0 aliphatic carbocycles. The summed E-state index contributed by atoms with van der Waals surface area (Å²) in [5.74, 6) is -0.922. The number of aryl methyl sites for hydroxylation is 2. The summed E-state index contributed by atoms with van der Waals surface area (Å²) in [6.07, 6.45) is 1.88. The van der Waals surface area contributed by atoms with Gasteiger partial charge in [0.05, 0.1) is 16.9 Å². The second-order valence-corrected chi connectivity index (χ2v) is 3.81. The fraction of sp³-hybridized carbons (Fsp3) is 0.167. The van der Waals surface area contributed by atoms with Crippen molar-refractivity contribution in [2.24, 2.45) is 7.05 Å². The van der Waals surface area contributed by atoms with Crippen molar-refractivity contribution in [3.63, 3.8) is 0 Å². The number of benzene rings is 1. The van der Waals surface area contributed by atoms with Gasteiger partial charge in [-0.05, 0) is 31.2 Å². The molecule has 0 atom stereocenters. The third kappa shape index (κ3) is 2.44. The minimum Gasteiger partial charge on any atom is -0.478 e. The van der Waals surface area contributed by atoms with Gasteiger partial charge in [0.15, 0.2) is 0 Å². The van der Waals surface area contributed by atoms with Gasteiger partial charge in [-0.1, -0.05) is 0 Å². The smallest absolute Gasteiger partial charge is 0.335 e. The highest BCUT2D eigenvalue weighted by Crippen LogP contribution is 2.19. The molecule has 0 saturated carbocycles. The molecule has 1 heterocycles. The number of carboxylic acids is 1. The van der Waals surface area contributed by atoms with Gasteiger partial charge >= 0.3 is 5.97 Å². The van der Waals surface area contributed by atoms with Gasteiger partial charge in [0.25, 0.3) is 0 Å². The molecule has 0 unspecified atom stereocenters. The van der Waals surface area contributed by atoms with E-state index in [4.69, 9.17) is 5.11 Å². The summed E-state index contributed by atoms with van der Waals surface area (Å²) in [6.45, 7) is 1.91. The van der Waals surface area contributed by atoms with E-state index in [-0.39, 0.29) is 5.56 Å². The van der Waals surface area contributed by atoms with Crippen molar-refractivity contribution in [3.05, 3.63) is 41.7 Å². The van der Waals surface area contributed by atoms with Gasteiger partial charge in [-0.15, -0.1) is 0 Å². The Kier molecular flexibility index (Phi) is 2.82. The summed E-state index contributed by atoms with van der Waals surface area (Å²) in [7, 11) is 1.85. The van der Waals surface area contributed by atoms with Crippen LogP contribution in [0, 0.1) is 6.92 Å². The van der Waals surface area contributed by atoms with Crippen LogP contribution < -0.4 is 5.32 Å². The zero-order valence-electron chi connectivity index (χ0n) is 9.64. The lowest BCUT2D eigenvalue weighted by atomic mass is 10.2. The summed E-state index contributed by atoms with van der Waals surface area (Å²) in [6, 6.07) is 6.60. The minimum absolute atomic E-state index is 0.276. The Bertz CT molecular complexity index is 543. The number of aromatic carboxylic acids is 1. The Morgan fingerprint density at radius 3 is 2.47 bits per heavy atom. The number of anilines is 2. The summed E-state index contributed by atoms with van der Waals surface area (Å²) in [5.41, 5.74) is 2.93. The van der Waals surface area contributed by atoms with Crippen LogP contribution in [0.25, 0.3) is 0 Å². The number of carbonyl (C=O) groups is 1. The van der Waals surface area contributed by atoms with Crippen LogP contribution in [-0.4, -0.2) is 20.9 Å². The lowest BCUT2D eigenvalue weighted by Gasteiger charge is -2.04. The van der Waals surface area contributed by atoms with E-state index >= 15 is 0 Å². The minimum atomic E-state index is -0.922. The van der Waals surface area contributed by atoms with Crippen molar-refractivity contribution < 1.29 is 9.90 Å². The number of hydrogen-bond acceptors (Lipinski definition) is 3. The standard InChI is InChI=1S/C12H13N3O2/c1-8-11(7-15(2)14-8)13-10-5-3-9(4-6-10)12(16)17/h3-7,13H,1-2H3,(H,16,17). The van der Waals surface area contributed by atoms with Crippen molar-refractivity contribution in [1.82, 2.24) is 9.78 Å². The van der Waals surface area contributed by atoms with Crippen LogP contribution in [0.3, 0.4) is 0 Å². The van der Waals surface area contributed by atoms with Crippen molar-refractivity contribution in [1.29, 1.82) is 0 Å². The molecule has 0 saturated heterocycles. The van der Waals surface area contributed by atoms with Crippen LogP contribution in [0.1, 0.15) is 16.1 Å². The Morgan fingerprint density at radius 2 is 2.00 bits per heavy atom. The molecule has 1 aromatic carbocycles. The van der Waals surface area contributed by atoms with E-state index in [9.17, 15) is 4.79 Å². The molecule has 0 amide bonds. The maximum absolute atomic E-state index is 10.7. The molecule has 0 fully saturated rings. The SMILES string of the molecule is Cc1nn(C)cc1Nc1ccc(C(=O)O)cc1. The van der Waals surface area contributed by atoms with Gasteiger partial charge in [0.1, 0.15) is 0 Å². The summed E-state index contributed by atoms with van der Waals surface area (Å²) >= 11 is 0. The Balaban J connectivity index is 2.19. The second kappa shape index (κ2) is 4.29. The predicted molar refractivity (Wildman–Crippen MR) is 64.6 cm³/mol. The third-order valence-electron chi connectivity index (χ3n) is 2.42. The first-order chi connectivity index (χ1) is 8.06. The molecular formula is C12H13N3O2. The van der Waals surface area contributed by atoms with E-state index in [1.807, 2.05) is 20.2 Å². The lowest BCUT2D eigenvalue weighted by Crippen LogP contribution is -1.96. The number of carboxylic acid groups (broad SMARTS) is 1. The average Bonchev–Trinajstić information content (AvgIpc) is 2.58. The first-order valence-electron chi connectivity index (χ1n) is 5.17. The van der Waals surface area contributed by atoms with Crippen LogP contribution in [0.2, 0.25) is 0 Å². The van der Waals surface area contributed by atoms with E-state index in [1.54, 1.807) is 28.9 Å². The van der Waals surface area contributed by atoms with E-state index in [0.29, 0.717) is 0 Å². The molecule has 0 aliphatic rings. The van der Waals surface area contributed by atoms with Crippen LogP contribution in [-0.2, 0) is 7.05 Å². The topological polar surface area (TPSA) is 67.2 Å². The maximum Gasteiger partial charge on any atom is 0.335 e. The molecule has 0 aliphatic heterocycles. The maximum atomic E-state index is 10.7. The molecule has 0 radical (unpaired) electrons. The molecule has 2 rings (SSSR count). The third-order valence-corrected chi connectivity index (χ3v) is 2.42. The van der Waals surface area contributed by atoms with E-state index in [0.717, 1.165) is 17.1 Å². The number of hydrogen-bond donors (Lipinski definition) is 2. The average molecular weight is 231 g/mol. The fourth-order valence-corrected chi connectivity index (χ4v) is 1.57. The lowest BCUT2D eigenvalue weighted by molar-refractivity contribution is 0.0697. The van der Waals surface area contributed by atoms with Crippen molar-refractivity contribution in [3.8, 4) is 0 Å². The number of rotatable bonds is 3. The molecule has 0 spiro atoms. The van der Waals surface area contributed by atoms with Crippen molar-refractivity contribution in [2.45, 2.75) is 6.92 Å². The zero-order valence-corrected chi connectivity index (χ0v) is 9.64. The van der Waals surface area contributed by atoms with Gasteiger partial charge < -0.3 is 10.4 Å². The largest absolute Gasteiger partial charge is 0.478 e. The molecule has 0 bridgehead atoms. The van der Waals surface area contributed by atoms with Crippen molar-refractivity contribution in [2.75, 3.05) is 5.32 Å².